The van der Waals surface area contributed by atoms with E-state index >= 15 is 0 Å². The highest BCUT2D eigenvalue weighted by Gasteiger charge is 2.40. The van der Waals surface area contributed by atoms with Gasteiger partial charge in [0.05, 0.1) is 13.2 Å². The number of hydrogen-bond acceptors (Lipinski definition) is 4. The molecule has 2 saturated heterocycles. The molecule has 2 atom stereocenters. The summed E-state index contributed by atoms with van der Waals surface area (Å²) >= 11 is 0. The second-order valence-electron chi connectivity index (χ2n) is 4.97. The Kier molecular flexibility index (Phi) is 3.29. The molecule has 0 aliphatic carbocycles. The largest absolute Gasteiger partial charge is 0.497 e. The maximum atomic E-state index is 11.9. The van der Waals surface area contributed by atoms with Gasteiger partial charge in [0.15, 0.2) is 0 Å². The Bertz CT molecular complexity index is 454. The fraction of sp³-hybridized carbons (Fsp3) is 0.500. The van der Waals surface area contributed by atoms with Gasteiger partial charge in [0.2, 0.25) is 0 Å². The Morgan fingerprint density at radius 2 is 2.16 bits per heavy atom. The molecule has 19 heavy (non-hydrogen) atoms. The van der Waals surface area contributed by atoms with Crippen LogP contribution in [0.15, 0.2) is 24.3 Å². The van der Waals surface area contributed by atoms with Gasteiger partial charge in [-0.15, -0.1) is 0 Å². The van der Waals surface area contributed by atoms with Crippen LogP contribution >= 0.6 is 0 Å². The molecule has 2 unspecified atom stereocenters. The molecular formula is C14H18N2O3. The molecule has 2 fully saturated rings. The van der Waals surface area contributed by atoms with Gasteiger partial charge in [-0.25, -0.2) is 4.79 Å². The van der Waals surface area contributed by atoms with E-state index in [9.17, 15) is 4.79 Å². The van der Waals surface area contributed by atoms with Crippen molar-refractivity contribution in [3.8, 4) is 5.75 Å². The molecule has 0 radical (unpaired) electrons. The maximum Gasteiger partial charge on any atom is 0.414 e. The lowest BCUT2D eigenvalue weighted by Crippen LogP contribution is -2.40. The number of methoxy groups -OCH3 is 1. The number of ether oxygens (including phenoxy) is 2. The number of anilines is 1. The van der Waals surface area contributed by atoms with Crippen molar-refractivity contribution >= 4 is 11.8 Å². The van der Waals surface area contributed by atoms with Crippen molar-refractivity contribution in [3.05, 3.63) is 24.3 Å². The van der Waals surface area contributed by atoms with Gasteiger partial charge in [-0.2, -0.15) is 0 Å². The highest BCUT2D eigenvalue weighted by Crippen LogP contribution is 2.30. The van der Waals surface area contributed by atoms with E-state index in [0.717, 1.165) is 30.9 Å². The number of rotatable bonds is 3. The second-order valence-corrected chi connectivity index (χ2v) is 4.97. The summed E-state index contributed by atoms with van der Waals surface area (Å²) in [7, 11) is 1.63. The number of carbonyl (C=O) groups is 1. The first-order valence-corrected chi connectivity index (χ1v) is 6.60. The number of nitrogens with one attached hydrogen (secondary N) is 1. The molecule has 102 valence electrons. The quantitative estimate of drug-likeness (QED) is 0.899. The molecule has 5 heteroatoms. The van der Waals surface area contributed by atoms with Crippen LogP contribution in [0.4, 0.5) is 10.5 Å². The van der Waals surface area contributed by atoms with Crippen molar-refractivity contribution in [2.45, 2.75) is 12.5 Å². The van der Waals surface area contributed by atoms with Crippen LogP contribution in [0.5, 0.6) is 5.75 Å². The number of nitrogens with zero attached hydrogens (tertiary/aromatic N) is 1. The Balaban J connectivity index is 1.84. The number of amides is 1. The highest BCUT2D eigenvalue weighted by atomic mass is 16.6. The molecular weight excluding hydrogens is 244 g/mol. The fourth-order valence-corrected chi connectivity index (χ4v) is 2.83. The van der Waals surface area contributed by atoms with Crippen LogP contribution in [0.25, 0.3) is 0 Å². The molecule has 0 aromatic heterocycles. The lowest BCUT2D eigenvalue weighted by Gasteiger charge is -2.25. The van der Waals surface area contributed by atoms with Gasteiger partial charge in [-0.3, -0.25) is 4.90 Å². The van der Waals surface area contributed by atoms with Crippen molar-refractivity contribution in [2.24, 2.45) is 5.92 Å². The van der Waals surface area contributed by atoms with E-state index in [1.54, 1.807) is 12.0 Å². The summed E-state index contributed by atoms with van der Waals surface area (Å²) in [5, 5.41) is 3.34. The highest BCUT2D eigenvalue weighted by molar-refractivity contribution is 5.90. The van der Waals surface area contributed by atoms with Crippen molar-refractivity contribution in [3.63, 3.8) is 0 Å². The SMILES string of the molecule is COc1ccc(N2C(=O)OCC2C2CCNC2)cc1. The molecule has 1 aromatic rings. The minimum atomic E-state index is -0.248. The molecule has 2 heterocycles. The van der Waals surface area contributed by atoms with Crippen molar-refractivity contribution in [2.75, 3.05) is 31.7 Å². The van der Waals surface area contributed by atoms with Crippen molar-refractivity contribution < 1.29 is 14.3 Å². The van der Waals surface area contributed by atoms with Gasteiger partial charge < -0.3 is 14.8 Å². The van der Waals surface area contributed by atoms with E-state index < -0.39 is 0 Å². The average Bonchev–Trinajstić information content (AvgIpc) is 3.08. The number of benzene rings is 1. The molecule has 0 bridgehead atoms. The van der Waals surface area contributed by atoms with Crippen LogP contribution in [0.1, 0.15) is 6.42 Å². The zero-order chi connectivity index (χ0) is 13.2. The summed E-state index contributed by atoms with van der Waals surface area (Å²) in [4.78, 5) is 13.7. The van der Waals surface area contributed by atoms with Crippen molar-refractivity contribution in [1.82, 2.24) is 5.32 Å². The second kappa shape index (κ2) is 5.09. The van der Waals surface area contributed by atoms with Crippen LogP contribution in [-0.2, 0) is 4.74 Å². The summed E-state index contributed by atoms with van der Waals surface area (Å²) in [5.74, 6) is 1.25. The Morgan fingerprint density at radius 3 is 2.79 bits per heavy atom. The summed E-state index contributed by atoms with van der Waals surface area (Å²) in [5.41, 5.74) is 0.875. The first-order valence-electron chi connectivity index (χ1n) is 6.60. The first kappa shape index (κ1) is 12.3. The average molecular weight is 262 g/mol. The molecule has 1 aromatic carbocycles. The third kappa shape index (κ3) is 2.26. The molecule has 0 spiro atoms. The van der Waals surface area contributed by atoms with Crippen LogP contribution in [0, 0.1) is 5.92 Å². The minimum absolute atomic E-state index is 0.135. The summed E-state index contributed by atoms with van der Waals surface area (Å²) in [6, 6.07) is 7.67. The lowest BCUT2D eigenvalue weighted by molar-refractivity contribution is 0.176. The Labute approximate surface area is 112 Å². The van der Waals surface area contributed by atoms with E-state index in [2.05, 4.69) is 5.32 Å². The number of cyclic esters (lactones) is 1. The van der Waals surface area contributed by atoms with Gasteiger partial charge in [-0.05, 0) is 43.1 Å². The maximum absolute atomic E-state index is 11.9. The third-order valence-corrected chi connectivity index (χ3v) is 3.90. The number of carbonyl (C=O) groups excluding carboxylic acids is 1. The summed E-state index contributed by atoms with van der Waals surface area (Å²) in [6.45, 7) is 2.46. The van der Waals surface area contributed by atoms with E-state index in [1.165, 1.54) is 0 Å². The van der Waals surface area contributed by atoms with Gasteiger partial charge in [-0.1, -0.05) is 0 Å². The van der Waals surface area contributed by atoms with E-state index in [4.69, 9.17) is 9.47 Å². The monoisotopic (exact) mass is 262 g/mol. The van der Waals surface area contributed by atoms with Crippen LogP contribution in [0.2, 0.25) is 0 Å². The van der Waals surface area contributed by atoms with Gasteiger partial charge in [0, 0.05) is 12.2 Å². The van der Waals surface area contributed by atoms with Crippen molar-refractivity contribution in [1.29, 1.82) is 0 Å². The Morgan fingerprint density at radius 1 is 1.37 bits per heavy atom. The smallest absolute Gasteiger partial charge is 0.414 e. The lowest BCUT2D eigenvalue weighted by atomic mass is 9.98. The third-order valence-electron chi connectivity index (χ3n) is 3.90. The fourth-order valence-electron chi connectivity index (χ4n) is 2.83. The van der Waals surface area contributed by atoms with Crippen LogP contribution in [0.3, 0.4) is 0 Å². The Hall–Kier alpha value is -1.75. The van der Waals surface area contributed by atoms with E-state index in [-0.39, 0.29) is 12.1 Å². The van der Waals surface area contributed by atoms with Gasteiger partial charge >= 0.3 is 6.09 Å². The normalized spacial score (nSPS) is 26.6. The first-order chi connectivity index (χ1) is 9.29. The van der Waals surface area contributed by atoms with Crippen LogP contribution < -0.4 is 15.0 Å². The molecule has 0 saturated carbocycles. The number of hydrogen-bond donors (Lipinski definition) is 1. The zero-order valence-electron chi connectivity index (χ0n) is 11.0. The van der Waals surface area contributed by atoms with E-state index in [0.29, 0.717) is 12.5 Å². The standard InChI is InChI=1S/C14H18N2O3/c1-18-12-4-2-11(3-5-12)16-13(9-19-14(16)17)10-6-7-15-8-10/h2-5,10,13,15H,6-9H2,1H3. The molecule has 1 amide bonds. The molecule has 5 nitrogen and oxygen atoms in total. The minimum Gasteiger partial charge on any atom is -0.497 e. The zero-order valence-corrected chi connectivity index (χ0v) is 11.0. The van der Waals surface area contributed by atoms with Gasteiger partial charge in [0.25, 0.3) is 0 Å². The molecule has 2 aliphatic heterocycles. The molecule has 3 rings (SSSR count). The van der Waals surface area contributed by atoms with E-state index in [1.807, 2.05) is 24.3 Å². The van der Waals surface area contributed by atoms with Gasteiger partial charge in [0.1, 0.15) is 12.4 Å². The summed E-state index contributed by atoms with van der Waals surface area (Å²) in [6.07, 6.45) is 0.843. The predicted molar refractivity (Wildman–Crippen MR) is 71.6 cm³/mol. The molecule has 2 aliphatic rings. The predicted octanol–water partition coefficient (Wildman–Crippen LogP) is 1.63. The summed E-state index contributed by atoms with van der Waals surface area (Å²) < 4.78 is 10.4. The topological polar surface area (TPSA) is 50.8 Å². The van der Waals surface area contributed by atoms with Crippen LogP contribution in [-0.4, -0.2) is 38.9 Å². The molecule has 1 N–H and O–H groups in total.